The molecule has 1 fully saturated rings. The van der Waals surface area contributed by atoms with Crippen LogP contribution in [-0.4, -0.2) is 29.7 Å². The number of alkyl halides is 3. The minimum absolute atomic E-state index is 0.206. The Hall–Kier alpha value is -3.07. The maximum Gasteiger partial charge on any atom is 0.416 e. The van der Waals surface area contributed by atoms with E-state index in [9.17, 15) is 22.8 Å². The highest BCUT2D eigenvalue weighted by atomic mass is 19.4. The second-order valence-corrected chi connectivity index (χ2v) is 6.75. The predicted octanol–water partition coefficient (Wildman–Crippen LogP) is 4.42. The second-order valence-electron chi connectivity index (χ2n) is 6.75. The number of benzene rings is 2. The SMILES string of the molecule is C#Cc1cccc(C(=O)N2CCCC(C(=O)c3ccc(C(F)(F)F)cc3)C2)c1. The molecule has 0 radical (unpaired) electrons. The van der Waals surface area contributed by atoms with Crippen molar-refractivity contribution in [1.29, 1.82) is 0 Å². The van der Waals surface area contributed by atoms with Crippen LogP contribution in [0.5, 0.6) is 0 Å². The summed E-state index contributed by atoms with van der Waals surface area (Å²) in [5.74, 6) is 1.59. The van der Waals surface area contributed by atoms with Crippen LogP contribution in [0.1, 0.15) is 44.7 Å². The first-order chi connectivity index (χ1) is 13.3. The van der Waals surface area contributed by atoms with E-state index in [1.54, 1.807) is 29.2 Å². The van der Waals surface area contributed by atoms with Gasteiger partial charge in [0.25, 0.3) is 5.91 Å². The van der Waals surface area contributed by atoms with Gasteiger partial charge in [0.05, 0.1) is 5.56 Å². The van der Waals surface area contributed by atoms with E-state index in [0.717, 1.165) is 12.1 Å². The van der Waals surface area contributed by atoms with E-state index in [4.69, 9.17) is 6.42 Å². The van der Waals surface area contributed by atoms with Crippen molar-refractivity contribution in [3.8, 4) is 12.3 Å². The zero-order valence-corrected chi connectivity index (χ0v) is 15.0. The fourth-order valence-electron chi connectivity index (χ4n) is 3.36. The Morgan fingerprint density at radius 1 is 1.07 bits per heavy atom. The summed E-state index contributed by atoms with van der Waals surface area (Å²) in [5.41, 5.74) is 0.484. The van der Waals surface area contributed by atoms with Crippen molar-refractivity contribution in [1.82, 2.24) is 4.90 Å². The van der Waals surface area contributed by atoms with Crippen LogP contribution in [0.25, 0.3) is 0 Å². The normalized spacial score (nSPS) is 17.1. The average molecular weight is 385 g/mol. The monoisotopic (exact) mass is 385 g/mol. The zero-order chi connectivity index (χ0) is 20.3. The van der Waals surface area contributed by atoms with E-state index in [1.165, 1.54) is 12.1 Å². The van der Waals surface area contributed by atoms with Gasteiger partial charge in [0, 0.05) is 35.7 Å². The lowest BCUT2D eigenvalue weighted by molar-refractivity contribution is -0.137. The van der Waals surface area contributed by atoms with E-state index < -0.39 is 17.7 Å². The Morgan fingerprint density at radius 2 is 1.79 bits per heavy atom. The molecule has 28 heavy (non-hydrogen) atoms. The molecule has 1 heterocycles. The van der Waals surface area contributed by atoms with Gasteiger partial charge in [-0.3, -0.25) is 9.59 Å². The third kappa shape index (κ3) is 4.25. The van der Waals surface area contributed by atoms with Gasteiger partial charge < -0.3 is 4.90 Å². The first kappa shape index (κ1) is 19.7. The maximum absolute atomic E-state index is 12.7. The number of carbonyl (C=O) groups excluding carboxylic acids is 2. The molecule has 2 aromatic carbocycles. The van der Waals surface area contributed by atoms with Crippen LogP contribution >= 0.6 is 0 Å². The molecule has 0 N–H and O–H groups in total. The van der Waals surface area contributed by atoms with Gasteiger partial charge >= 0.3 is 6.18 Å². The molecule has 6 heteroatoms. The summed E-state index contributed by atoms with van der Waals surface area (Å²) in [4.78, 5) is 27.1. The molecule has 0 aromatic heterocycles. The molecular formula is C22H18F3NO2. The number of amides is 1. The van der Waals surface area contributed by atoms with Crippen LogP contribution in [0.4, 0.5) is 13.2 Å². The van der Waals surface area contributed by atoms with E-state index >= 15 is 0 Å². The Kier molecular flexibility index (Phi) is 5.55. The van der Waals surface area contributed by atoms with Gasteiger partial charge in [-0.05, 0) is 43.2 Å². The molecule has 1 unspecified atom stereocenters. The number of nitrogens with zero attached hydrogens (tertiary/aromatic N) is 1. The van der Waals surface area contributed by atoms with Crippen LogP contribution in [0, 0.1) is 18.3 Å². The lowest BCUT2D eigenvalue weighted by Crippen LogP contribution is -2.42. The van der Waals surface area contributed by atoms with Gasteiger partial charge in [-0.15, -0.1) is 6.42 Å². The number of hydrogen-bond donors (Lipinski definition) is 0. The maximum atomic E-state index is 12.7. The van der Waals surface area contributed by atoms with Gasteiger partial charge in [-0.2, -0.15) is 13.2 Å². The number of likely N-dealkylation sites (tertiary alicyclic amines) is 1. The molecule has 0 bridgehead atoms. The first-order valence-corrected chi connectivity index (χ1v) is 8.87. The molecule has 0 spiro atoms. The third-order valence-electron chi connectivity index (χ3n) is 4.85. The van der Waals surface area contributed by atoms with Gasteiger partial charge in [-0.1, -0.05) is 24.1 Å². The summed E-state index contributed by atoms with van der Waals surface area (Å²) in [5, 5.41) is 0. The fraction of sp³-hybridized carbons (Fsp3) is 0.273. The van der Waals surface area contributed by atoms with Crippen molar-refractivity contribution in [3.05, 3.63) is 70.8 Å². The van der Waals surface area contributed by atoms with Gasteiger partial charge in [0.1, 0.15) is 0 Å². The Labute approximate surface area is 161 Å². The minimum Gasteiger partial charge on any atom is -0.338 e. The molecule has 0 saturated carbocycles. The summed E-state index contributed by atoms with van der Waals surface area (Å²) in [6.45, 7) is 0.759. The molecule has 1 aliphatic heterocycles. The number of halogens is 3. The summed E-state index contributed by atoms with van der Waals surface area (Å²) in [6.07, 6.45) is 2.17. The molecule has 1 aliphatic rings. The largest absolute Gasteiger partial charge is 0.416 e. The molecule has 1 amide bonds. The highest BCUT2D eigenvalue weighted by Crippen LogP contribution is 2.30. The summed E-state index contributed by atoms with van der Waals surface area (Å²) >= 11 is 0. The van der Waals surface area contributed by atoms with Crippen LogP contribution in [-0.2, 0) is 6.18 Å². The van der Waals surface area contributed by atoms with Crippen molar-refractivity contribution in [2.75, 3.05) is 13.1 Å². The Balaban J connectivity index is 1.73. The number of ketones is 1. The van der Waals surface area contributed by atoms with Gasteiger partial charge in [0.15, 0.2) is 5.78 Å². The van der Waals surface area contributed by atoms with Crippen molar-refractivity contribution in [3.63, 3.8) is 0 Å². The number of carbonyl (C=O) groups is 2. The number of terminal acetylenes is 1. The highest BCUT2D eigenvalue weighted by molar-refractivity contribution is 5.99. The zero-order valence-electron chi connectivity index (χ0n) is 15.0. The van der Waals surface area contributed by atoms with Crippen LogP contribution in [0.2, 0.25) is 0 Å². The summed E-state index contributed by atoms with van der Waals surface area (Å²) in [6, 6.07) is 10.9. The average Bonchev–Trinajstić information content (AvgIpc) is 2.72. The van der Waals surface area contributed by atoms with E-state index in [-0.39, 0.29) is 23.8 Å². The van der Waals surface area contributed by atoms with Crippen LogP contribution < -0.4 is 0 Å². The molecule has 3 rings (SSSR count). The summed E-state index contributed by atoms with van der Waals surface area (Å²) in [7, 11) is 0. The number of piperidine rings is 1. The third-order valence-corrected chi connectivity index (χ3v) is 4.85. The standard InChI is InChI=1S/C22H18F3NO2/c1-2-15-5-3-6-17(13-15)21(28)26-12-4-7-18(14-26)20(27)16-8-10-19(11-9-16)22(23,24)25/h1,3,5-6,8-11,13,18H,4,7,12,14H2. The van der Waals surface area contributed by atoms with E-state index in [0.29, 0.717) is 30.5 Å². The van der Waals surface area contributed by atoms with E-state index in [2.05, 4.69) is 5.92 Å². The van der Waals surface area contributed by atoms with Crippen LogP contribution in [0.15, 0.2) is 48.5 Å². The number of hydrogen-bond acceptors (Lipinski definition) is 2. The highest BCUT2D eigenvalue weighted by Gasteiger charge is 2.32. The van der Waals surface area contributed by atoms with E-state index in [1.807, 2.05) is 0 Å². The fourth-order valence-corrected chi connectivity index (χ4v) is 3.36. The van der Waals surface area contributed by atoms with Crippen LogP contribution in [0.3, 0.4) is 0 Å². The number of Topliss-reactive ketones (excluding diaryl/α,β-unsaturated/α-hetero) is 1. The van der Waals surface area contributed by atoms with Crippen molar-refractivity contribution in [2.45, 2.75) is 19.0 Å². The first-order valence-electron chi connectivity index (χ1n) is 8.87. The molecule has 1 saturated heterocycles. The molecule has 2 aromatic rings. The quantitative estimate of drug-likeness (QED) is 0.579. The molecule has 0 aliphatic carbocycles. The Morgan fingerprint density at radius 3 is 2.43 bits per heavy atom. The Bertz CT molecular complexity index is 926. The molecule has 1 atom stereocenters. The van der Waals surface area contributed by atoms with Crippen molar-refractivity contribution >= 4 is 11.7 Å². The second kappa shape index (κ2) is 7.89. The lowest BCUT2D eigenvalue weighted by Gasteiger charge is -2.32. The number of rotatable bonds is 3. The topological polar surface area (TPSA) is 37.4 Å². The lowest BCUT2D eigenvalue weighted by atomic mass is 9.89. The molecule has 144 valence electrons. The molecular weight excluding hydrogens is 367 g/mol. The summed E-state index contributed by atoms with van der Waals surface area (Å²) < 4.78 is 38.1. The van der Waals surface area contributed by atoms with Crippen molar-refractivity contribution in [2.24, 2.45) is 5.92 Å². The van der Waals surface area contributed by atoms with Crippen molar-refractivity contribution < 1.29 is 22.8 Å². The minimum atomic E-state index is -4.44. The van der Waals surface area contributed by atoms with Gasteiger partial charge in [0.2, 0.25) is 0 Å². The van der Waals surface area contributed by atoms with Gasteiger partial charge in [-0.25, -0.2) is 0 Å². The molecule has 3 nitrogen and oxygen atoms in total. The smallest absolute Gasteiger partial charge is 0.338 e. The predicted molar refractivity (Wildman–Crippen MR) is 98.8 cm³/mol.